The van der Waals surface area contributed by atoms with E-state index in [1.54, 1.807) is 10.7 Å². The second-order valence-electron chi connectivity index (χ2n) is 5.16. The number of thiazole rings is 1. The molecule has 1 amide bonds. The molecule has 0 fully saturated rings. The first-order chi connectivity index (χ1) is 11.4. The number of carbonyl (C=O) groups is 1. The normalized spacial score (nSPS) is 11.2. The fourth-order valence-corrected chi connectivity index (χ4v) is 3.17. The minimum atomic E-state index is -2.88. The van der Waals surface area contributed by atoms with Crippen LogP contribution in [0.4, 0.5) is 13.9 Å². The molecule has 0 aliphatic heterocycles. The molecule has 0 radical (unpaired) electrons. The third-order valence-electron chi connectivity index (χ3n) is 3.23. The summed E-state index contributed by atoms with van der Waals surface area (Å²) >= 11 is 1.19. The summed E-state index contributed by atoms with van der Waals surface area (Å²) in [5.74, 6) is -0.203. The number of alkyl halides is 2. The van der Waals surface area contributed by atoms with Gasteiger partial charge in [-0.05, 0) is 38.1 Å². The van der Waals surface area contributed by atoms with Crippen LogP contribution in [0.1, 0.15) is 11.4 Å². The summed E-state index contributed by atoms with van der Waals surface area (Å²) in [4.78, 5) is 16.4. The van der Waals surface area contributed by atoms with Gasteiger partial charge in [-0.2, -0.15) is 13.9 Å². The lowest BCUT2D eigenvalue weighted by molar-refractivity contribution is -0.116. The van der Waals surface area contributed by atoms with Gasteiger partial charge >= 0.3 is 6.61 Å². The summed E-state index contributed by atoms with van der Waals surface area (Å²) in [5, 5.41) is 7.31. The van der Waals surface area contributed by atoms with Gasteiger partial charge in [-0.25, -0.2) is 4.98 Å². The Bertz CT molecular complexity index is 891. The van der Waals surface area contributed by atoms with Crippen molar-refractivity contribution in [2.45, 2.75) is 27.0 Å². The number of carbonyl (C=O) groups excluding carboxylic acids is 1. The number of aryl methyl sites for hydroxylation is 2. The fourth-order valence-electron chi connectivity index (χ4n) is 2.26. The maximum Gasteiger partial charge on any atom is 0.387 e. The number of benzene rings is 1. The van der Waals surface area contributed by atoms with Crippen LogP contribution < -0.4 is 10.1 Å². The van der Waals surface area contributed by atoms with Gasteiger partial charge < -0.3 is 10.1 Å². The first kappa shape index (κ1) is 16.3. The number of nitrogens with one attached hydrogen (secondary N) is 1. The highest BCUT2D eigenvalue weighted by Gasteiger charge is 2.12. The Hall–Kier alpha value is -2.55. The smallest absolute Gasteiger partial charge is 0.387 e. The first-order valence-corrected chi connectivity index (χ1v) is 7.88. The molecule has 9 heteroatoms. The molecule has 0 saturated carbocycles. The Morgan fingerprint density at radius 3 is 2.83 bits per heavy atom. The number of hydrogen-bond acceptors (Lipinski definition) is 5. The number of aromatic nitrogens is 3. The molecular weight excluding hydrogens is 338 g/mol. The molecule has 2 aromatic heterocycles. The van der Waals surface area contributed by atoms with Crippen molar-refractivity contribution in [2.24, 2.45) is 0 Å². The number of anilines is 1. The van der Waals surface area contributed by atoms with Gasteiger partial charge in [0.05, 0.1) is 15.9 Å². The van der Waals surface area contributed by atoms with Crippen molar-refractivity contribution in [3.8, 4) is 5.75 Å². The summed E-state index contributed by atoms with van der Waals surface area (Å²) in [7, 11) is 0. The molecule has 1 aromatic carbocycles. The molecular formula is C15H14F2N4O2S. The van der Waals surface area contributed by atoms with Gasteiger partial charge in [0.25, 0.3) is 0 Å². The van der Waals surface area contributed by atoms with E-state index in [1.165, 1.54) is 23.5 Å². The quantitative estimate of drug-likeness (QED) is 0.765. The van der Waals surface area contributed by atoms with Gasteiger partial charge in [0, 0.05) is 5.69 Å². The van der Waals surface area contributed by atoms with Crippen molar-refractivity contribution in [3.63, 3.8) is 0 Å². The highest BCUT2D eigenvalue weighted by molar-refractivity contribution is 7.22. The lowest BCUT2D eigenvalue weighted by Crippen LogP contribution is -2.20. The van der Waals surface area contributed by atoms with Crippen LogP contribution in [0.25, 0.3) is 10.2 Å². The molecule has 126 valence electrons. The van der Waals surface area contributed by atoms with E-state index in [2.05, 4.69) is 20.1 Å². The highest BCUT2D eigenvalue weighted by atomic mass is 32.1. The Kier molecular flexibility index (Phi) is 4.43. The zero-order valence-electron chi connectivity index (χ0n) is 12.9. The summed E-state index contributed by atoms with van der Waals surface area (Å²) in [6.07, 6.45) is 0. The number of amides is 1. The van der Waals surface area contributed by atoms with E-state index < -0.39 is 6.61 Å². The monoisotopic (exact) mass is 352 g/mol. The van der Waals surface area contributed by atoms with Gasteiger partial charge in [0.1, 0.15) is 12.3 Å². The zero-order valence-corrected chi connectivity index (χ0v) is 13.7. The number of hydrogen-bond donors (Lipinski definition) is 1. The minimum absolute atomic E-state index is 0.0571. The van der Waals surface area contributed by atoms with Gasteiger partial charge in [0.15, 0.2) is 5.13 Å². The summed E-state index contributed by atoms with van der Waals surface area (Å²) in [6.45, 7) is 0.925. The average Bonchev–Trinajstić information content (AvgIpc) is 3.00. The standard InChI is InChI=1S/C15H14F2N4O2S/c1-8-5-9(2)21(20-8)7-13(22)19-15-18-11-4-3-10(23-14(16)17)6-12(11)24-15/h3-6,14H,7H2,1-2H3,(H,18,19,22). The SMILES string of the molecule is Cc1cc(C)n(CC(=O)Nc2nc3ccc(OC(F)F)cc3s2)n1. The maximum atomic E-state index is 12.2. The van der Waals surface area contributed by atoms with E-state index in [-0.39, 0.29) is 18.2 Å². The molecule has 24 heavy (non-hydrogen) atoms. The Morgan fingerprint density at radius 1 is 1.38 bits per heavy atom. The third-order valence-corrected chi connectivity index (χ3v) is 4.16. The van der Waals surface area contributed by atoms with Gasteiger partial charge in [-0.1, -0.05) is 11.3 Å². The number of rotatable bonds is 5. The number of halogens is 2. The van der Waals surface area contributed by atoms with Crippen LogP contribution in [-0.4, -0.2) is 27.3 Å². The number of fused-ring (bicyclic) bond motifs is 1. The minimum Gasteiger partial charge on any atom is -0.435 e. The van der Waals surface area contributed by atoms with Crippen molar-refractivity contribution in [2.75, 3.05) is 5.32 Å². The Labute approximate surface area is 140 Å². The molecule has 0 aliphatic carbocycles. The third kappa shape index (κ3) is 3.67. The van der Waals surface area contributed by atoms with Crippen molar-refractivity contribution < 1.29 is 18.3 Å². The van der Waals surface area contributed by atoms with E-state index in [4.69, 9.17) is 0 Å². The van der Waals surface area contributed by atoms with Gasteiger partial charge in [-0.3, -0.25) is 9.48 Å². The zero-order chi connectivity index (χ0) is 17.3. The van der Waals surface area contributed by atoms with Crippen LogP contribution in [0, 0.1) is 13.8 Å². The fraction of sp³-hybridized carbons (Fsp3) is 0.267. The molecule has 0 bridgehead atoms. The molecule has 3 aromatic rings. The molecule has 2 heterocycles. The molecule has 0 unspecified atom stereocenters. The van der Waals surface area contributed by atoms with Crippen LogP contribution in [0.5, 0.6) is 5.75 Å². The lowest BCUT2D eigenvalue weighted by Gasteiger charge is -2.03. The highest BCUT2D eigenvalue weighted by Crippen LogP contribution is 2.29. The van der Waals surface area contributed by atoms with E-state index in [0.717, 1.165) is 11.4 Å². The molecule has 0 aliphatic rings. The van der Waals surface area contributed by atoms with Gasteiger partial charge in [-0.15, -0.1) is 0 Å². The second-order valence-corrected chi connectivity index (χ2v) is 6.19. The summed E-state index contributed by atoms with van der Waals surface area (Å²) < 4.78 is 31.1. The van der Waals surface area contributed by atoms with Crippen molar-refractivity contribution in [1.82, 2.24) is 14.8 Å². The largest absolute Gasteiger partial charge is 0.435 e. The van der Waals surface area contributed by atoms with Gasteiger partial charge in [0.2, 0.25) is 5.91 Å². The predicted molar refractivity (Wildman–Crippen MR) is 86.6 cm³/mol. The van der Waals surface area contributed by atoms with Crippen molar-refractivity contribution in [3.05, 3.63) is 35.7 Å². The summed E-state index contributed by atoms with van der Waals surface area (Å²) in [5.41, 5.74) is 2.33. The molecule has 0 spiro atoms. The van der Waals surface area contributed by atoms with E-state index in [0.29, 0.717) is 15.3 Å². The number of nitrogens with zero attached hydrogens (tertiary/aromatic N) is 3. The lowest BCUT2D eigenvalue weighted by atomic mass is 10.3. The van der Waals surface area contributed by atoms with Crippen LogP contribution in [-0.2, 0) is 11.3 Å². The molecule has 0 atom stereocenters. The first-order valence-electron chi connectivity index (χ1n) is 7.07. The van der Waals surface area contributed by atoms with Crippen LogP contribution >= 0.6 is 11.3 Å². The molecule has 1 N–H and O–H groups in total. The van der Waals surface area contributed by atoms with Crippen LogP contribution in [0.15, 0.2) is 24.3 Å². The molecule has 3 rings (SSSR count). The van der Waals surface area contributed by atoms with Crippen LogP contribution in [0.2, 0.25) is 0 Å². The Morgan fingerprint density at radius 2 is 2.17 bits per heavy atom. The molecule has 0 saturated heterocycles. The second kappa shape index (κ2) is 6.52. The van der Waals surface area contributed by atoms with E-state index in [9.17, 15) is 13.6 Å². The summed E-state index contributed by atoms with van der Waals surface area (Å²) in [6, 6.07) is 6.33. The Balaban J connectivity index is 1.72. The number of ether oxygens (including phenoxy) is 1. The van der Waals surface area contributed by atoms with Crippen LogP contribution in [0.3, 0.4) is 0 Å². The predicted octanol–water partition coefficient (Wildman–Crippen LogP) is 3.35. The molecule has 6 nitrogen and oxygen atoms in total. The van der Waals surface area contributed by atoms with Crippen molar-refractivity contribution >= 4 is 32.6 Å². The van der Waals surface area contributed by atoms with E-state index in [1.807, 2.05) is 19.9 Å². The average molecular weight is 352 g/mol. The maximum absolute atomic E-state index is 12.2. The van der Waals surface area contributed by atoms with Crippen molar-refractivity contribution in [1.29, 1.82) is 0 Å². The van der Waals surface area contributed by atoms with E-state index >= 15 is 0 Å². The topological polar surface area (TPSA) is 69.0 Å².